The number of nitrogens with zero attached hydrogens (tertiary/aromatic N) is 3. The van der Waals surface area contributed by atoms with Crippen LogP contribution in [0.4, 0.5) is 5.69 Å². The van der Waals surface area contributed by atoms with Crippen molar-refractivity contribution in [1.82, 2.24) is 14.8 Å². The van der Waals surface area contributed by atoms with Crippen LogP contribution in [0.25, 0.3) is 5.69 Å². The average Bonchev–Trinajstić information content (AvgIpc) is 3.03. The molecule has 27 heavy (non-hydrogen) atoms. The molecule has 0 aliphatic rings. The topological polar surface area (TPSA) is 59.8 Å². The summed E-state index contributed by atoms with van der Waals surface area (Å²) in [6.07, 6.45) is 1.00. The Morgan fingerprint density at radius 3 is 2.52 bits per heavy atom. The molecule has 0 fully saturated rings. The molecule has 0 bridgehead atoms. The first kappa shape index (κ1) is 19.2. The lowest BCUT2D eigenvalue weighted by atomic mass is 10.1. The molecule has 1 N–H and O–H groups in total. The minimum absolute atomic E-state index is 0.0535. The Morgan fingerprint density at radius 2 is 1.81 bits per heavy atom. The first-order chi connectivity index (χ1) is 13.0. The van der Waals surface area contributed by atoms with Gasteiger partial charge < -0.3 is 5.32 Å². The van der Waals surface area contributed by atoms with Crippen molar-refractivity contribution in [3.8, 4) is 5.69 Å². The molecule has 1 amide bonds. The van der Waals surface area contributed by atoms with E-state index in [9.17, 15) is 4.79 Å². The largest absolute Gasteiger partial charge is 0.325 e. The van der Waals surface area contributed by atoms with Crippen molar-refractivity contribution >= 4 is 23.4 Å². The van der Waals surface area contributed by atoms with E-state index in [2.05, 4.69) is 46.7 Å². The highest BCUT2D eigenvalue weighted by Crippen LogP contribution is 2.23. The molecule has 0 aliphatic heterocycles. The van der Waals surface area contributed by atoms with Crippen molar-refractivity contribution in [2.75, 3.05) is 11.1 Å². The van der Waals surface area contributed by atoms with Crippen LogP contribution < -0.4 is 5.32 Å². The molecular weight excluding hydrogens is 356 g/mol. The second kappa shape index (κ2) is 8.39. The SMILES string of the molecule is CCc1ccc(-n2c(C)nnc2SCC(=O)Nc2cc(C)ccc2C)cc1. The van der Waals surface area contributed by atoms with Gasteiger partial charge in [0.25, 0.3) is 0 Å². The Bertz CT molecular complexity index is 947. The molecule has 0 spiro atoms. The predicted molar refractivity (Wildman–Crippen MR) is 111 cm³/mol. The Hall–Kier alpha value is -2.60. The van der Waals surface area contributed by atoms with Gasteiger partial charge in [0.05, 0.1) is 5.75 Å². The fraction of sp³-hybridized carbons (Fsp3) is 0.286. The van der Waals surface area contributed by atoms with E-state index in [0.717, 1.165) is 34.7 Å². The van der Waals surface area contributed by atoms with Gasteiger partial charge in [-0.3, -0.25) is 9.36 Å². The fourth-order valence-electron chi connectivity index (χ4n) is 2.80. The van der Waals surface area contributed by atoms with E-state index in [0.29, 0.717) is 5.16 Å². The molecule has 3 rings (SSSR count). The lowest BCUT2D eigenvalue weighted by molar-refractivity contribution is -0.113. The second-order valence-corrected chi connectivity index (χ2v) is 7.48. The maximum Gasteiger partial charge on any atom is 0.234 e. The van der Waals surface area contributed by atoms with E-state index in [1.54, 1.807) is 0 Å². The van der Waals surface area contributed by atoms with Crippen molar-refractivity contribution in [2.24, 2.45) is 0 Å². The van der Waals surface area contributed by atoms with Gasteiger partial charge in [0, 0.05) is 11.4 Å². The highest BCUT2D eigenvalue weighted by Gasteiger charge is 2.14. The van der Waals surface area contributed by atoms with Crippen molar-refractivity contribution in [2.45, 2.75) is 39.3 Å². The molecule has 1 heterocycles. The quantitative estimate of drug-likeness (QED) is 0.640. The van der Waals surface area contributed by atoms with Crippen LogP contribution in [-0.4, -0.2) is 26.4 Å². The zero-order valence-electron chi connectivity index (χ0n) is 16.1. The summed E-state index contributed by atoms with van der Waals surface area (Å²) < 4.78 is 1.98. The number of benzene rings is 2. The first-order valence-corrected chi connectivity index (χ1v) is 9.97. The number of nitrogens with one attached hydrogen (secondary N) is 1. The number of carbonyl (C=O) groups is 1. The number of aryl methyl sites for hydroxylation is 4. The van der Waals surface area contributed by atoms with Gasteiger partial charge in [-0.1, -0.05) is 43.0 Å². The molecule has 0 aliphatic carbocycles. The minimum Gasteiger partial charge on any atom is -0.325 e. The van der Waals surface area contributed by atoms with Gasteiger partial charge >= 0.3 is 0 Å². The first-order valence-electron chi connectivity index (χ1n) is 8.99. The van der Waals surface area contributed by atoms with Crippen LogP contribution in [0.5, 0.6) is 0 Å². The van der Waals surface area contributed by atoms with E-state index < -0.39 is 0 Å². The molecule has 140 valence electrons. The summed E-state index contributed by atoms with van der Waals surface area (Å²) in [5.41, 5.74) is 5.32. The molecule has 0 saturated heterocycles. The number of aromatic nitrogens is 3. The normalized spacial score (nSPS) is 10.8. The molecule has 6 heteroatoms. The molecule has 1 aromatic heterocycles. The summed E-state index contributed by atoms with van der Waals surface area (Å²) >= 11 is 1.39. The van der Waals surface area contributed by atoms with Gasteiger partial charge in [-0.15, -0.1) is 10.2 Å². The fourth-order valence-corrected chi connectivity index (χ4v) is 3.60. The lowest BCUT2D eigenvalue weighted by Gasteiger charge is -2.11. The van der Waals surface area contributed by atoms with Crippen molar-refractivity contribution in [3.05, 3.63) is 65.0 Å². The Balaban J connectivity index is 1.71. The molecule has 0 unspecified atom stereocenters. The van der Waals surface area contributed by atoms with Gasteiger partial charge in [0.15, 0.2) is 5.16 Å². The minimum atomic E-state index is -0.0535. The van der Waals surface area contributed by atoms with Gasteiger partial charge in [0.1, 0.15) is 5.82 Å². The van der Waals surface area contributed by atoms with Crippen LogP contribution in [-0.2, 0) is 11.2 Å². The monoisotopic (exact) mass is 380 g/mol. The van der Waals surface area contributed by atoms with Crippen molar-refractivity contribution in [3.63, 3.8) is 0 Å². The molecule has 3 aromatic rings. The van der Waals surface area contributed by atoms with Gasteiger partial charge in [-0.2, -0.15) is 0 Å². The summed E-state index contributed by atoms with van der Waals surface area (Å²) in [7, 11) is 0. The lowest BCUT2D eigenvalue weighted by Crippen LogP contribution is -2.15. The number of amides is 1. The molecule has 2 aromatic carbocycles. The maximum absolute atomic E-state index is 12.4. The van der Waals surface area contributed by atoms with E-state index in [1.807, 2.05) is 43.5 Å². The van der Waals surface area contributed by atoms with E-state index in [-0.39, 0.29) is 11.7 Å². The molecule has 5 nitrogen and oxygen atoms in total. The number of hydrogen-bond acceptors (Lipinski definition) is 4. The summed E-state index contributed by atoms with van der Waals surface area (Å²) in [4.78, 5) is 12.4. The number of carbonyl (C=O) groups excluding carboxylic acids is 1. The molecule has 0 radical (unpaired) electrons. The number of rotatable bonds is 6. The smallest absolute Gasteiger partial charge is 0.234 e. The Labute approximate surface area is 164 Å². The zero-order chi connectivity index (χ0) is 19.4. The van der Waals surface area contributed by atoms with Crippen molar-refractivity contribution in [1.29, 1.82) is 0 Å². The summed E-state index contributed by atoms with van der Waals surface area (Å²) in [5, 5.41) is 12.1. The third-order valence-corrected chi connectivity index (χ3v) is 5.33. The molecular formula is C21H24N4OS. The second-order valence-electron chi connectivity index (χ2n) is 6.54. The Morgan fingerprint density at radius 1 is 1.07 bits per heavy atom. The van der Waals surface area contributed by atoms with Crippen LogP contribution in [0, 0.1) is 20.8 Å². The van der Waals surface area contributed by atoms with E-state index >= 15 is 0 Å². The summed E-state index contributed by atoms with van der Waals surface area (Å²) in [6, 6.07) is 14.4. The van der Waals surface area contributed by atoms with E-state index in [1.165, 1.54) is 17.3 Å². The highest BCUT2D eigenvalue weighted by molar-refractivity contribution is 7.99. The van der Waals surface area contributed by atoms with Gasteiger partial charge in [-0.05, 0) is 62.1 Å². The maximum atomic E-state index is 12.4. The Kier molecular flexibility index (Phi) is 5.96. The van der Waals surface area contributed by atoms with Crippen LogP contribution in [0.3, 0.4) is 0 Å². The molecule has 0 saturated carbocycles. The standard InChI is InChI=1S/C21H24N4OS/c1-5-17-8-10-18(11-9-17)25-16(4)23-24-21(25)27-13-20(26)22-19-12-14(2)6-7-15(19)3/h6-12H,5,13H2,1-4H3,(H,22,26). The number of hydrogen-bond donors (Lipinski definition) is 1. The van der Waals surface area contributed by atoms with Crippen LogP contribution in [0.2, 0.25) is 0 Å². The van der Waals surface area contributed by atoms with Crippen molar-refractivity contribution < 1.29 is 4.79 Å². The zero-order valence-corrected chi connectivity index (χ0v) is 16.9. The third-order valence-electron chi connectivity index (χ3n) is 4.40. The number of thioether (sulfide) groups is 1. The highest BCUT2D eigenvalue weighted by atomic mass is 32.2. The van der Waals surface area contributed by atoms with Crippen LogP contribution >= 0.6 is 11.8 Å². The number of anilines is 1. The van der Waals surface area contributed by atoms with Gasteiger partial charge in [0.2, 0.25) is 5.91 Å². The van der Waals surface area contributed by atoms with E-state index in [4.69, 9.17) is 0 Å². The van der Waals surface area contributed by atoms with Crippen LogP contribution in [0.15, 0.2) is 47.6 Å². The third kappa shape index (κ3) is 4.57. The molecule has 0 atom stereocenters. The summed E-state index contributed by atoms with van der Waals surface area (Å²) in [5.74, 6) is 1.03. The average molecular weight is 381 g/mol. The summed E-state index contributed by atoms with van der Waals surface area (Å²) in [6.45, 7) is 8.05. The van der Waals surface area contributed by atoms with Crippen LogP contribution in [0.1, 0.15) is 29.4 Å². The predicted octanol–water partition coefficient (Wildman–Crippen LogP) is 4.49. The van der Waals surface area contributed by atoms with Gasteiger partial charge in [-0.25, -0.2) is 0 Å².